The molecule has 0 saturated heterocycles. The molecule has 2 atom stereocenters. The maximum atomic E-state index is 11.3. The molecule has 0 bridgehead atoms. The average molecular weight is 270 g/mol. The highest BCUT2D eigenvalue weighted by Crippen LogP contribution is 2.11. The van der Waals surface area contributed by atoms with Crippen molar-refractivity contribution in [1.82, 2.24) is 4.98 Å². The number of carbonyl (C=O) groups is 1. The molecule has 0 aliphatic heterocycles. The maximum Gasteiger partial charge on any atom is 0.356 e. The molecule has 0 spiro atoms. The molecule has 5 nitrogen and oxygen atoms in total. The van der Waals surface area contributed by atoms with E-state index < -0.39 is 16.8 Å². The first kappa shape index (κ1) is 14.6. The van der Waals surface area contributed by atoms with Crippen LogP contribution in [-0.2, 0) is 15.5 Å². The van der Waals surface area contributed by atoms with Gasteiger partial charge in [-0.2, -0.15) is 0 Å². The number of esters is 1. The zero-order valence-corrected chi connectivity index (χ0v) is 11.6. The molecular formula is C12H18N2O3S. The third kappa shape index (κ3) is 4.83. The number of pyridine rings is 1. The Morgan fingerprint density at radius 2 is 2.33 bits per heavy atom. The molecule has 0 amide bonds. The maximum absolute atomic E-state index is 11.3. The molecule has 1 rings (SSSR count). The number of aromatic nitrogens is 1. The van der Waals surface area contributed by atoms with Gasteiger partial charge in [-0.05, 0) is 25.5 Å². The number of anilines is 1. The normalized spacial score (nSPS) is 13.7. The van der Waals surface area contributed by atoms with Crippen LogP contribution in [0.5, 0.6) is 0 Å². The lowest BCUT2D eigenvalue weighted by Gasteiger charge is -2.14. The Bertz CT molecular complexity index is 437. The molecule has 18 heavy (non-hydrogen) atoms. The fourth-order valence-corrected chi connectivity index (χ4v) is 2.12. The Labute approximate surface area is 109 Å². The molecule has 6 heteroatoms. The summed E-state index contributed by atoms with van der Waals surface area (Å²) in [5.41, 5.74) is 1.08. The average Bonchev–Trinajstić information content (AvgIpc) is 2.35. The van der Waals surface area contributed by atoms with Crippen LogP contribution in [-0.4, -0.2) is 40.3 Å². The third-order valence-electron chi connectivity index (χ3n) is 2.41. The molecule has 1 aromatic rings. The number of ether oxygens (including phenoxy) is 1. The van der Waals surface area contributed by atoms with Crippen molar-refractivity contribution in [2.75, 3.05) is 24.4 Å². The summed E-state index contributed by atoms with van der Waals surface area (Å²) in [6.45, 7) is 2.01. The summed E-state index contributed by atoms with van der Waals surface area (Å²) < 4.78 is 15.6. The van der Waals surface area contributed by atoms with Crippen LogP contribution in [0.1, 0.15) is 23.8 Å². The number of hydrogen-bond donors (Lipinski definition) is 1. The van der Waals surface area contributed by atoms with Crippen LogP contribution in [0.15, 0.2) is 18.3 Å². The van der Waals surface area contributed by atoms with Gasteiger partial charge in [0, 0.05) is 40.7 Å². The van der Waals surface area contributed by atoms with Crippen LogP contribution in [0.2, 0.25) is 0 Å². The van der Waals surface area contributed by atoms with Crippen molar-refractivity contribution in [3.05, 3.63) is 24.0 Å². The van der Waals surface area contributed by atoms with E-state index in [1.54, 1.807) is 24.6 Å². The lowest BCUT2D eigenvalue weighted by molar-refractivity contribution is 0.0594. The van der Waals surface area contributed by atoms with E-state index in [1.807, 2.05) is 6.92 Å². The second-order valence-corrected chi connectivity index (χ2v) is 5.59. The highest BCUT2D eigenvalue weighted by atomic mass is 32.2. The molecule has 0 aromatic carbocycles. The van der Waals surface area contributed by atoms with Crippen molar-refractivity contribution in [2.45, 2.75) is 19.4 Å². The summed E-state index contributed by atoms with van der Waals surface area (Å²) in [7, 11) is 0.539. The zero-order chi connectivity index (χ0) is 13.5. The van der Waals surface area contributed by atoms with Gasteiger partial charge in [0.15, 0.2) is 0 Å². The van der Waals surface area contributed by atoms with E-state index >= 15 is 0 Å². The lowest BCUT2D eigenvalue weighted by atomic mass is 10.2. The first-order valence-electron chi connectivity index (χ1n) is 5.64. The number of rotatable bonds is 6. The monoisotopic (exact) mass is 270 g/mol. The Balaban J connectivity index is 2.61. The fourth-order valence-electron chi connectivity index (χ4n) is 1.44. The Morgan fingerprint density at radius 3 is 2.94 bits per heavy atom. The van der Waals surface area contributed by atoms with Gasteiger partial charge < -0.3 is 10.1 Å². The van der Waals surface area contributed by atoms with Crippen molar-refractivity contribution in [3.63, 3.8) is 0 Å². The molecule has 1 heterocycles. The van der Waals surface area contributed by atoms with E-state index in [0.29, 0.717) is 5.75 Å². The largest absolute Gasteiger partial charge is 0.464 e. The molecule has 0 aliphatic carbocycles. The molecule has 100 valence electrons. The molecule has 0 radical (unpaired) electrons. The van der Waals surface area contributed by atoms with Crippen molar-refractivity contribution >= 4 is 22.5 Å². The Morgan fingerprint density at radius 1 is 1.61 bits per heavy atom. The van der Waals surface area contributed by atoms with Gasteiger partial charge in [-0.25, -0.2) is 9.78 Å². The van der Waals surface area contributed by atoms with Crippen LogP contribution in [0.4, 0.5) is 5.69 Å². The van der Waals surface area contributed by atoms with Gasteiger partial charge in [0.2, 0.25) is 0 Å². The van der Waals surface area contributed by atoms with Crippen molar-refractivity contribution < 1.29 is 13.7 Å². The highest BCUT2D eigenvalue weighted by molar-refractivity contribution is 7.84. The molecular weight excluding hydrogens is 252 g/mol. The summed E-state index contributed by atoms with van der Waals surface area (Å²) in [5.74, 6) is 0.198. The molecule has 2 unspecified atom stereocenters. The Kier molecular flexibility index (Phi) is 5.77. The number of carbonyl (C=O) groups excluding carboxylic acids is 1. The fraction of sp³-hybridized carbons (Fsp3) is 0.500. The van der Waals surface area contributed by atoms with Gasteiger partial charge >= 0.3 is 5.97 Å². The second-order valence-electron chi connectivity index (χ2n) is 4.03. The first-order valence-corrected chi connectivity index (χ1v) is 7.36. The standard InChI is InChI=1S/C12H18N2O3S/c1-9(5-7-18(3)16)14-10-4-6-13-11(8-10)12(15)17-2/h4,6,8-9H,5,7H2,1-3H3,(H,13,14). The van der Waals surface area contributed by atoms with Gasteiger partial charge in [-0.15, -0.1) is 0 Å². The minimum Gasteiger partial charge on any atom is -0.464 e. The molecule has 0 saturated carbocycles. The van der Waals surface area contributed by atoms with Crippen LogP contribution >= 0.6 is 0 Å². The van der Waals surface area contributed by atoms with E-state index in [1.165, 1.54) is 7.11 Å². The van der Waals surface area contributed by atoms with Gasteiger partial charge in [0.1, 0.15) is 5.69 Å². The minimum atomic E-state index is -0.784. The second kappa shape index (κ2) is 7.10. The van der Waals surface area contributed by atoms with Gasteiger partial charge in [0.25, 0.3) is 0 Å². The summed E-state index contributed by atoms with van der Waals surface area (Å²) in [4.78, 5) is 15.2. The van der Waals surface area contributed by atoms with Crippen LogP contribution < -0.4 is 5.32 Å². The van der Waals surface area contributed by atoms with E-state index in [4.69, 9.17) is 0 Å². The predicted octanol–water partition coefficient (Wildman–Crippen LogP) is 1.44. The topological polar surface area (TPSA) is 68.3 Å². The lowest BCUT2D eigenvalue weighted by Crippen LogP contribution is -2.18. The summed E-state index contributed by atoms with van der Waals surface area (Å²) >= 11 is 0. The van der Waals surface area contributed by atoms with Crippen molar-refractivity contribution in [3.8, 4) is 0 Å². The van der Waals surface area contributed by atoms with E-state index in [2.05, 4.69) is 15.0 Å². The Hall–Kier alpha value is -1.43. The quantitative estimate of drug-likeness (QED) is 0.792. The van der Waals surface area contributed by atoms with Crippen molar-refractivity contribution in [1.29, 1.82) is 0 Å². The summed E-state index contributed by atoms with van der Waals surface area (Å²) in [6.07, 6.45) is 4.05. The molecule has 1 aromatic heterocycles. The molecule has 0 fully saturated rings. The number of nitrogens with one attached hydrogen (secondary N) is 1. The van der Waals surface area contributed by atoms with Gasteiger partial charge in [-0.3, -0.25) is 4.21 Å². The smallest absolute Gasteiger partial charge is 0.356 e. The summed E-state index contributed by atoms with van der Waals surface area (Å²) in [6, 6.07) is 3.61. The van der Waals surface area contributed by atoms with Gasteiger partial charge in [0.05, 0.1) is 7.11 Å². The van der Waals surface area contributed by atoms with E-state index in [-0.39, 0.29) is 11.7 Å². The molecule has 0 aliphatic rings. The third-order valence-corrected chi connectivity index (χ3v) is 3.22. The zero-order valence-electron chi connectivity index (χ0n) is 10.8. The van der Waals surface area contributed by atoms with Crippen LogP contribution in [0.3, 0.4) is 0 Å². The van der Waals surface area contributed by atoms with Crippen LogP contribution in [0.25, 0.3) is 0 Å². The van der Waals surface area contributed by atoms with Crippen molar-refractivity contribution in [2.24, 2.45) is 0 Å². The highest BCUT2D eigenvalue weighted by Gasteiger charge is 2.09. The summed E-state index contributed by atoms with van der Waals surface area (Å²) in [5, 5.41) is 3.23. The first-order chi connectivity index (χ1) is 8.52. The minimum absolute atomic E-state index is 0.182. The van der Waals surface area contributed by atoms with E-state index in [0.717, 1.165) is 12.1 Å². The number of hydrogen-bond acceptors (Lipinski definition) is 5. The van der Waals surface area contributed by atoms with E-state index in [9.17, 15) is 9.00 Å². The van der Waals surface area contributed by atoms with Crippen LogP contribution in [0, 0.1) is 0 Å². The number of nitrogens with zero attached hydrogens (tertiary/aromatic N) is 1. The SMILES string of the molecule is COC(=O)c1cc(NC(C)CCS(C)=O)ccn1. The number of methoxy groups -OCH3 is 1. The molecule has 1 N–H and O–H groups in total. The van der Waals surface area contributed by atoms with Gasteiger partial charge in [-0.1, -0.05) is 0 Å². The predicted molar refractivity (Wildman–Crippen MR) is 72.2 cm³/mol.